The number of imidazole rings is 1. The Bertz CT molecular complexity index is 663. The molecular weight excluding hydrogens is 204 g/mol. The molecule has 0 saturated heterocycles. The van der Waals surface area contributed by atoms with Crippen molar-refractivity contribution in [3.05, 3.63) is 47.1 Å². The average molecular weight is 212 g/mol. The van der Waals surface area contributed by atoms with Gasteiger partial charge in [-0.2, -0.15) is 0 Å². The Hall–Kier alpha value is -1.61. The van der Waals surface area contributed by atoms with Crippen molar-refractivity contribution in [2.45, 2.75) is 6.42 Å². The van der Waals surface area contributed by atoms with E-state index < -0.39 is 0 Å². The van der Waals surface area contributed by atoms with Crippen LogP contribution >= 0.6 is 11.3 Å². The van der Waals surface area contributed by atoms with Crippen molar-refractivity contribution in [3.8, 4) is 11.3 Å². The summed E-state index contributed by atoms with van der Waals surface area (Å²) in [4.78, 5) is 5.78. The summed E-state index contributed by atoms with van der Waals surface area (Å²) in [5.74, 6) is 0. The maximum absolute atomic E-state index is 4.68. The molecule has 1 aliphatic rings. The highest BCUT2D eigenvalue weighted by atomic mass is 32.1. The highest BCUT2D eigenvalue weighted by Gasteiger charge is 2.23. The van der Waals surface area contributed by atoms with Gasteiger partial charge >= 0.3 is 0 Å². The first-order valence-corrected chi connectivity index (χ1v) is 5.84. The van der Waals surface area contributed by atoms with Crippen LogP contribution < -0.4 is 0 Å². The molecule has 15 heavy (non-hydrogen) atoms. The smallest absolute Gasteiger partial charge is 0.194 e. The lowest BCUT2D eigenvalue weighted by Crippen LogP contribution is -1.86. The van der Waals surface area contributed by atoms with Crippen LogP contribution in [-0.4, -0.2) is 9.38 Å². The fourth-order valence-corrected chi connectivity index (χ4v) is 3.04. The number of benzene rings is 1. The molecule has 0 bridgehead atoms. The molecule has 0 N–H and O–H groups in total. The molecule has 3 aromatic rings. The maximum Gasteiger partial charge on any atom is 0.194 e. The van der Waals surface area contributed by atoms with Crippen molar-refractivity contribution in [2.24, 2.45) is 0 Å². The molecule has 1 aromatic carbocycles. The summed E-state index contributed by atoms with van der Waals surface area (Å²) in [6, 6.07) is 8.54. The molecule has 0 radical (unpaired) electrons. The Morgan fingerprint density at radius 2 is 2.20 bits per heavy atom. The van der Waals surface area contributed by atoms with E-state index in [9.17, 15) is 0 Å². The predicted octanol–water partition coefficient (Wildman–Crippen LogP) is 2.97. The van der Waals surface area contributed by atoms with Gasteiger partial charge in [-0.15, -0.1) is 11.3 Å². The molecule has 0 amide bonds. The first-order chi connectivity index (χ1) is 7.43. The molecular formula is C12H8N2S. The summed E-state index contributed by atoms with van der Waals surface area (Å²) in [6.45, 7) is 0. The molecule has 4 rings (SSSR count). The summed E-state index contributed by atoms with van der Waals surface area (Å²) >= 11 is 1.70. The van der Waals surface area contributed by atoms with Crippen molar-refractivity contribution in [3.63, 3.8) is 0 Å². The molecule has 1 aliphatic carbocycles. The van der Waals surface area contributed by atoms with Crippen LogP contribution in [0.2, 0.25) is 0 Å². The van der Waals surface area contributed by atoms with Gasteiger partial charge in [0.2, 0.25) is 0 Å². The monoisotopic (exact) mass is 212 g/mol. The third kappa shape index (κ3) is 0.862. The van der Waals surface area contributed by atoms with Crippen molar-refractivity contribution in [1.82, 2.24) is 9.38 Å². The van der Waals surface area contributed by atoms with Crippen LogP contribution in [0.4, 0.5) is 0 Å². The van der Waals surface area contributed by atoms with Gasteiger partial charge in [-0.1, -0.05) is 24.3 Å². The van der Waals surface area contributed by atoms with Gasteiger partial charge in [0.1, 0.15) is 0 Å². The average Bonchev–Trinajstić information content (AvgIpc) is 2.87. The normalized spacial score (nSPS) is 13.1. The van der Waals surface area contributed by atoms with E-state index in [1.54, 1.807) is 11.3 Å². The molecule has 0 spiro atoms. The van der Waals surface area contributed by atoms with Gasteiger partial charge < -0.3 is 0 Å². The van der Waals surface area contributed by atoms with Crippen LogP contribution in [0.5, 0.6) is 0 Å². The molecule has 2 aromatic heterocycles. The van der Waals surface area contributed by atoms with E-state index in [0.717, 1.165) is 11.4 Å². The largest absolute Gasteiger partial charge is 0.294 e. The molecule has 0 saturated carbocycles. The van der Waals surface area contributed by atoms with Crippen LogP contribution in [0.3, 0.4) is 0 Å². The minimum absolute atomic E-state index is 1.02. The van der Waals surface area contributed by atoms with Gasteiger partial charge in [0.25, 0.3) is 0 Å². The lowest BCUT2D eigenvalue weighted by Gasteiger charge is -1.95. The zero-order valence-corrected chi connectivity index (χ0v) is 8.79. The summed E-state index contributed by atoms with van der Waals surface area (Å²) < 4.78 is 2.21. The van der Waals surface area contributed by atoms with Gasteiger partial charge in [0.15, 0.2) is 4.96 Å². The van der Waals surface area contributed by atoms with Crippen LogP contribution in [0.25, 0.3) is 16.2 Å². The van der Waals surface area contributed by atoms with E-state index in [4.69, 9.17) is 0 Å². The Balaban J connectivity index is 2.13. The number of aromatic nitrogens is 2. The van der Waals surface area contributed by atoms with Gasteiger partial charge in [-0.3, -0.25) is 4.40 Å². The van der Waals surface area contributed by atoms with E-state index in [-0.39, 0.29) is 0 Å². The van der Waals surface area contributed by atoms with Crippen LogP contribution in [0.15, 0.2) is 35.8 Å². The number of rotatable bonds is 0. The highest BCUT2D eigenvalue weighted by Crippen LogP contribution is 2.36. The van der Waals surface area contributed by atoms with E-state index >= 15 is 0 Å². The van der Waals surface area contributed by atoms with Crippen LogP contribution in [-0.2, 0) is 6.42 Å². The standard InChI is InChI=1S/C12H8N2S/c1-2-4-9-8(3-1)7-10-11(9)13-12-14(10)5-6-15-12/h1-6H,7H2. The molecule has 0 fully saturated rings. The van der Waals surface area contributed by atoms with E-state index in [1.165, 1.54) is 22.5 Å². The zero-order valence-electron chi connectivity index (χ0n) is 7.97. The summed E-state index contributed by atoms with van der Waals surface area (Å²) in [5.41, 5.74) is 5.23. The van der Waals surface area contributed by atoms with Crippen molar-refractivity contribution >= 4 is 16.3 Å². The summed E-state index contributed by atoms with van der Waals surface area (Å²) in [5, 5.41) is 2.09. The van der Waals surface area contributed by atoms with Gasteiger partial charge in [0.05, 0.1) is 11.4 Å². The Kier molecular flexibility index (Phi) is 1.27. The second kappa shape index (κ2) is 2.49. The molecule has 2 nitrogen and oxygen atoms in total. The van der Waals surface area contributed by atoms with Crippen molar-refractivity contribution in [1.29, 1.82) is 0 Å². The lowest BCUT2D eigenvalue weighted by atomic mass is 10.1. The van der Waals surface area contributed by atoms with E-state index in [0.29, 0.717) is 0 Å². The van der Waals surface area contributed by atoms with E-state index in [1.807, 2.05) is 0 Å². The van der Waals surface area contributed by atoms with Crippen LogP contribution in [0, 0.1) is 0 Å². The second-order valence-electron chi connectivity index (χ2n) is 3.80. The fourth-order valence-electron chi connectivity index (χ4n) is 2.30. The lowest BCUT2D eigenvalue weighted by molar-refractivity contribution is 1.07. The molecule has 2 heterocycles. The van der Waals surface area contributed by atoms with Crippen LogP contribution in [0.1, 0.15) is 11.3 Å². The Morgan fingerprint density at radius 3 is 3.20 bits per heavy atom. The summed E-state index contributed by atoms with van der Waals surface area (Å²) in [6.07, 6.45) is 3.13. The molecule has 3 heteroatoms. The Labute approximate surface area is 90.8 Å². The number of hydrogen-bond donors (Lipinski definition) is 0. The summed E-state index contributed by atoms with van der Waals surface area (Å²) in [7, 11) is 0. The molecule has 0 aliphatic heterocycles. The minimum Gasteiger partial charge on any atom is -0.294 e. The first kappa shape index (κ1) is 7.65. The van der Waals surface area contributed by atoms with Gasteiger partial charge in [-0.25, -0.2) is 4.98 Å². The van der Waals surface area contributed by atoms with E-state index in [2.05, 4.69) is 45.2 Å². The minimum atomic E-state index is 1.02. The number of hydrogen-bond acceptors (Lipinski definition) is 2. The van der Waals surface area contributed by atoms with Gasteiger partial charge in [0, 0.05) is 23.6 Å². The number of thiazole rings is 1. The van der Waals surface area contributed by atoms with Gasteiger partial charge in [-0.05, 0) is 5.56 Å². The van der Waals surface area contributed by atoms with Crippen molar-refractivity contribution in [2.75, 3.05) is 0 Å². The maximum atomic E-state index is 4.68. The fraction of sp³-hybridized carbons (Fsp3) is 0.0833. The second-order valence-corrected chi connectivity index (χ2v) is 4.67. The molecule has 0 unspecified atom stereocenters. The predicted molar refractivity (Wildman–Crippen MR) is 61.3 cm³/mol. The third-order valence-corrected chi connectivity index (χ3v) is 3.75. The third-order valence-electron chi connectivity index (χ3n) is 2.99. The quantitative estimate of drug-likeness (QED) is 0.438. The number of fused-ring (bicyclic) bond motifs is 5. The van der Waals surface area contributed by atoms with Crippen molar-refractivity contribution < 1.29 is 0 Å². The zero-order chi connectivity index (χ0) is 9.83. The Morgan fingerprint density at radius 1 is 1.27 bits per heavy atom. The number of nitrogens with zero attached hydrogens (tertiary/aromatic N) is 2. The SMILES string of the molecule is c1ccc2c(c1)Cc1c-2nc2sccn12. The topological polar surface area (TPSA) is 17.3 Å². The molecule has 72 valence electrons. The molecule has 0 atom stereocenters. The highest BCUT2D eigenvalue weighted by molar-refractivity contribution is 7.15. The first-order valence-electron chi connectivity index (χ1n) is 4.96.